The SMILES string of the molecule is COC(=O)[C@H](Cc1ccccc1)NNC=O. The third-order valence-electron chi connectivity index (χ3n) is 2.08. The molecule has 0 heterocycles. The van der Waals surface area contributed by atoms with Crippen LogP contribution in [-0.2, 0) is 20.7 Å². The van der Waals surface area contributed by atoms with Crippen molar-refractivity contribution in [3.8, 4) is 0 Å². The van der Waals surface area contributed by atoms with E-state index in [4.69, 9.17) is 0 Å². The highest BCUT2D eigenvalue weighted by molar-refractivity contribution is 5.76. The lowest BCUT2D eigenvalue weighted by atomic mass is 10.1. The van der Waals surface area contributed by atoms with Crippen molar-refractivity contribution in [1.82, 2.24) is 10.9 Å². The fraction of sp³-hybridized carbons (Fsp3) is 0.273. The van der Waals surface area contributed by atoms with E-state index in [1.165, 1.54) is 7.11 Å². The zero-order chi connectivity index (χ0) is 11.8. The van der Waals surface area contributed by atoms with Crippen LogP contribution in [0.2, 0.25) is 0 Å². The molecular formula is C11H14N2O3. The van der Waals surface area contributed by atoms with Gasteiger partial charge in [-0.15, -0.1) is 0 Å². The van der Waals surface area contributed by atoms with Gasteiger partial charge in [-0.1, -0.05) is 30.3 Å². The minimum Gasteiger partial charge on any atom is -0.468 e. The second-order valence-electron chi connectivity index (χ2n) is 3.17. The summed E-state index contributed by atoms with van der Waals surface area (Å²) in [4.78, 5) is 21.5. The normalized spacial score (nSPS) is 11.6. The fourth-order valence-electron chi connectivity index (χ4n) is 1.32. The summed E-state index contributed by atoms with van der Waals surface area (Å²) in [5.41, 5.74) is 5.81. The molecule has 1 amide bonds. The summed E-state index contributed by atoms with van der Waals surface area (Å²) in [6.45, 7) is 0. The van der Waals surface area contributed by atoms with E-state index in [9.17, 15) is 9.59 Å². The Balaban J connectivity index is 2.63. The summed E-state index contributed by atoms with van der Waals surface area (Å²) >= 11 is 0. The summed E-state index contributed by atoms with van der Waals surface area (Å²) in [5.74, 6) is -0.418. The standard InChI is InChI=1S/C11H14N2O3/c1-16-11(15)10(13-12-8-14)7-9-5-3-2-4-6-9/h2-6,8,10,13H,7H2,1H3,(H,12,14)/t10-/m0/s1. The van der Waals surface area contributed by atoms with Gasteiger partial charge in [0.05, 0.1) is 7.11 Å². The Morgan fingerprint density at radius 3 is 2.69 bits per heavy atom. The molecule has 2 N–H and O–H groups in total. The molecular weight excluding hydrogens is 208 g/mol. The Morgan fingerprint density at radius 2 is 2.12 bits per heavy atom. The summed E-state index contributed by atoms with van der Waals surface area (Å²) in [5, 5.41) is 0. The van der Waals surface area contributed by atoms with Gasteiger partial charge in [-0.25, -0.2) is 5.43 Å². The molecule has 0 unspecified atom stereocenters. The number of amides is 1. The van der Waals surface area contributed by atoms with Gasteiger partial charge in [0, 0.05) is 6.42 Å². The molecule has 0 bridgehead atoms. The number of hydrazine groups is 1. The second kappa shape index (κ2) is 6.58. The van der Waals surface area contributed by atoms with Crippen molar-refractivity contribution in [3.05, 3.63) is 35.9 Å². The van der Waals surface area contributed by atoms with Gasteiger partial charge in [0.25, 0.3) is 0 Å². The lowest BCUT2D eigenvalue weighted by Gasteiger charge is -2.15. The average Bonchev–Trinajstić information content (AvgIpc) is 2.34. The van der Waals surface area contributed by atoms with E-state index < -0.39 is 12.0 Å². The molecule has 0 aliphatic rings. The summed E-state index contributed by atoms with van der Waals surface area (Å²) < 4.78 is 4.62. The first-order valence-electron chi connectivity index (χ1n) is 4.84. The van der Waals surface area contributed by atoms with Crippen LogP contribution in [0.4, 0.5) is 0 Å². The number of nitrogens with one attached hydrogen (secondary N) is 2. The Hall–Kier alpha value is -1.88. The van der Waals surface area contributed by atoms with Crippen LogP contribution in [0.3, 0.4) is 0 Å². The highest BCUT2D eigenvalue weighted by Crippen LogP contribution is 2.03. The minimum absolute atomic E-state index is 0.418. The highest BCUT2D eigenvalue weighted by Gasteiger charge is 2.18. The van der Waals surface area contributed by atoms with E-state index >= 15 is 0 Å². The van der Waals surface area contributed by atoms with E-state index in [1.54, 1.807) is 0 Å². The molecule has 16 heavy (non-hydrogen) atoms. The molecule has 1 aromatic rings. The molecule has 5 heteroatoms. The van der Waals surface area contributed by atoms with Crippen LogP contribution in [-0.4, -0.2) is 25.5 Å². The van der Waals surface area contributed by atoms with Gasteiger partial charge in [0.15, 0.2) is 0 Å². The van der Waals surface area contributed by atoms with E-state index in [0.717, 1.165) is 5.56 Å². The third-order valence-corrected chi connectivity index (χ3v) is 2.08. The van der Waals surface area contributed by atoms with Crippen LogP contribution in [0.5, 0.6) is 0 Å². The molecule has 5 nitrogen and oxygen atoms in total. The number of carbonyl (C=O) groups is 2. The molecule has 0 aliphatic heterocycles. The molecule has 1 aromatic carbocycles. The largest absolute Gasteiger partial charge is 0.468 e. The van der Waals surface area contributed by atoms with Gasteiger partial charge in [-0.3, -0.25) is 15.0 Å². The van der Waals surface area contributed by atoms with Crippen molar-refractivity contribution in [2.24, 2.45) is 0 Å². The van der Waals surface area contributed by atoms with Crippen LogP contribution < -0.4 is 10.9 Å². The number of rotatable bonds is 6. The van der Waals surface area contributed by atoms with Crippen molar-refractivity contribution in [2.75, 3.05) is 7.11 Å². The number of methoxy groups -OCH3 is 1. The highest BCUT2D eigenvalue weighted by atomic mass is 16.5. The third kappa shape index (κ3) is 3.70. The number of ether oxygens (including phenoxy) is 1. The summed E-state index contributed by atoms with van der Waals surface area (Å²) in [6, 6.07) is 8.89. The monoisotopic (exact) mass is 222 g/mol. The fourth-order valence-corrected chi connectivity index (χ4v) is 1.32. The zero-order valence-corrected chi connectivity index (χ0v) is 8.97. The molecule has 86 valence electrons. The van der Waals surface area contributed by atoms with Crippen molar-refractivity contribution >= 4 is 12.4 Å². The van der Waals surface area contributed by atoms with Gasteiger partial charge in [0.1, 0.15) is 6.04 Å². The first-order chi connectivity index (χ1) is 7.77. The first-order valence-corrected chi connectivity index (χ1v) is 4.84. The van der Waals surface area contributed by atoms with Crippen LogP contribution in [0.25, 0.3) is 0 Å². The van der Waals surface area contributed by atoms with Crippen LogP contribution in [0, 0.1) is 0 Å². The molecule has 0 spiro atoms. The second-order valence-corrected chi connectivity index (χ2v) is 3.17. The van der Waals surface area contributed by atoms with Gasteiger partial charge < -0.3 is 4.74 Å². The Kier molecular flexibility index (Phi) is 5.01. The van der Waals surface area contributed by atoms with Gasteiger partial charge in [0.2, 0.25) is 6.41 Å². The van der Waals surface area contributed by atoms with Crippen LogP contribution >= 0.6 is 0 Å². The smallest absolute Gasteiger partial charge is 0.325 e. The number of esters is 1. The van der Waals surface area contributed by atoms with Crippen LogP contribution in [0.1, 0.15) is 5.56 Å². The molecule has 0 aliphatic carbocycles. The molecule has 0 saturated heterocycles. The maximum atomic E-state index is 11.4. The van der Waals surface area contributed by atoms with E-state index in [1.807, 2.05) is 30.3 Å². The minimum atomic E-state index is -0.586. The molecule has 1 rings (SSSR count). The number of hydrogen-bond donors (Lipinski definition) is 2. The van der Waals surface area contributed by atoms with Gasteiger partial charge in [-0.05, 0) is 5.56 Å². The van der Waals surface area contributed by atoms with E-state index in [0.29, 0.717) is 12.8 Å². The average molecular weight is 222 g/mol. The molecule has 0 radical (unpaired) electrons. The maximum Gasteiger partial charge on any atom is 0.325 e. The molecule has 0 aromatic heterocycles. The number of hydrogen-bond acceptors (Lipinski definition) is 4. The van der Waals surface area contributed by atoms with E-state index in [2.05, 4.69) is 15.6 Å². The Morgan fingerprint density at radius 1 is 1.44 bits per heavy atom. The number of benzene rings is 1. The van der Waals surface area contributed by atoms with Crippen molar-refractivity contribution in [2.45, 2.75) is 12.5 Å². The maximum absolute atomic E-state index is 11.4. The number of carbonyl (C=O) groups excluding carboxylic acids is 2. The van der Waals surface area contributed by atoms with Crippen molar-refractivity contribution < 1.29 is 14.3 Å². The van der Waals surface area contributed by atoms with Crippen molar-refractivity contribution in [3.63, 3.8) is 0 Å². The summed E-state index contributed by atoms with van der Waals surface area (Å²) in [6.07, 6.45) is 0.926. The van der Waals surface area contributed by atoms with Gasteiger partial charge >= 0.3 is 5.97 Å². The quantitative estimate of drug-likeness (QED) is 0.404. The first kappa shape index (κ1) is 12.2. The Labute approximate surface area is 93.8 Å². The predicted molar refractivity (Wildman–Crippen MR) is 58.3 cm³/mol. The van der Waals surface area contributed by atoms with Crippen LogP contribution in [0.15, 0.2) is 30.3 Å². The zero-order valence-electron chi connectivity index (χ0n) is 8.97. The summed E-state index contributed by atoms with van der Waals surface area (Å²) in [7, 11) is 1.31. The van der Waals surface area contributed by atoms with E-state index in [-0.39, 0.29) is 0 Å². The van der Waals surface area contributed by atoms with Crippen molar-refractivity contribution in [1.29, 1.82) is 0 Å². The van der Waals surface area contributed by atoms with Gasteiger partial charge in [-0.2, -0.15) is 0 Å². The molecule has 0 fully saturated rings. The molecule has 1 atom stereocenters. The topological polar surface area (TPSA) is 67.4 Å². The predicted octanol–water partition coefficient (Wildman–Crippen LogP) is 0.0213. The Bertz CT molecular complexity index is 340. The lowest BCUT2D eigenvalue weighted by molar-refractivity contribution is -0.143. The lowest BCUT2D eigenvalue weighted by Crippen LogP contribution is -2.46. The molecule has 0 saturated carbocycles.